The van der Waals surface area contributed by atoms with Gasteiger partial charge in [0, 0.05) is 18.8 Å². The topological polar surface area (TPSA) is 6.48 Å². The van der Waals surface area contributed by atoms with E-state index < -0.39 is 0 Å². The van der Waals surface area contributed by atoms with E-state index in [9.17, 15) is 0 Å². The van der Waals surface area contributed by atoms with Gasteiger partial charge < -0.3 is 9.80 Å². The molecule has 0 bridgehead atoms. The largest absolute Gasteiger partial charge is 0.359 e. The Morgan fingerprint density at radius 3 is 2.04 bits per heavy atom. The summed E-state index contributed by atoms with van der Waals surface area (Å²) in [6.45, 7) is 4.01. The fraction of sp³-hybridized carbons (Fsp3) is 0.250. The van der Waals surface area contributed by atoms with Crippen LogP contribution in [0.25, 0.3) is 0 Å². The van der Waals surface area contributed by atoms with Gasteiger partial charge in [0.1, 0.15) is 0 Å². The smallest absolute Gasteiger partial charge is 0.0673 e. The van der Waals surface area contributed by atoms with Crippen molar-refractivity contribution in [3.05, 3.63) is 102 Å². The van der Waals surface area contributed by atoms with E-state index in [4.69, 9.17) is 0 Å². The van der Waals surface area contributed by atoms with Crippen LogP contribution in [0.15, 0.2) is 84.9 Å². The Bertz CT molecular complexity index is 797. The van der Waals surface area contributed by atoms with Crippen LogP contribution in [0.1, 0.15) is 22.7 Å². The molecule has 1 atom stereocenters. The number of likely N-dealkylation sites (N-methyl/N-ethyl adjacent to an activating group) is 1. The van der Waals surface area contributed by atoms with Crippen molar-refractivity contribution in [1.82, 2.24) is 4.90 Å². The summed E-state index contributed by atoms with van der Waals surface area (Å²) < 4.78 is 0. The predicted octanol–water partition coefficient (Wildman–Crippen LogP) is 5.30. The molecule has 0 N–H and O–H groups in total. The Morgan fingerprint density at radius 1 is 0.769 bits per heavy atom. The average molecular weight is 345 g/mol. The lowest BCUT2D eigenvalue weighted by Gasteiger charge is -2.36. The van der Waals surface area contributed by atoms with E-state index in [0.29, 0.717) is 0 Å². The summed E-state index contributed by atoms with van der Waals surface area (Å²) in [5.74, 6) is 0. The summed E-state index contributed by atoms with van der Waals surface area (Å²) in [6, 6.07) is 30.7. The highest BCUT2D eigenvalue weighted by Gasteiger charge is 2.22. The molecule has 0 aromatic heterocycles. The van der Waals surface area contributed by atoms with Crippen molar-refractivity contribution in [2.24, 2.45) is 0 Å². The van der Waals surface area contributed by atoms with Gasteiger partial charge in [-0.25, -0.2) is 0 Å². The number of aryl methyl sites for hydroxylation is 1. The van der Waals surface area contributed by atoms with Crippen molar-refractivity contribution in [3.8, 4) is 0 Å². The third-order valence-electron chi connectivity index (χ3n) is 4.63. The van der Waals surface area contributed by atoms with Gasteiger partial charge in [0.05, 0.1) is 6.04 Å². The van der Waals surface area contributed by atoms with E-state index in [1.54, 1.807) is 0 Å². The third kappa shape index (κ3) is 4.74. The molecule has 0 saturated carbocycles. The monoisotopic (exact) mass is 344 g/mol. The molecule has 0 aliphatic carbocycles. The number of nitrogens with zero attached hydrogens (tertiary/aromatic N) is 2. The molecule has 0 saturated heterocycles. The van der Waals surface area contributed by atoms with Crippen molar-refractivity contribution in [3.63, 3.8) is 0 Å². The van der Waals surface area contributed by atoms with Crippen LogP contribution in [-0.2, 0) is 6.54 Å². The van der Waals surface area contributed by atoms with Crippen molar-refractivity contribution in [2.75, 3.05) is 25.5 Å². The van der Waals surface area contributed by atoms with Crippen LogP contribution in [0.3, 0.4) is 0 Å². The number of benzene rings is 3. The molecule has 0 amide bonds. The van der Waals surface area contributed by atoms with Gasteiger partial charge in [-0.3, -0.25) is 0 Å². The molecule has 3 aromatic carbocycles. The Labute approximate surface area is 157 Å². The van der Waals surface area contributed by atoms with Crippen LogP contribution in [0.5, 0.6) is 0 Å². The maximum atomic E-state index is 2.53. The molecule has 26 heavy (non-hydrogen) atoms. The lowest BCUT2D eigenvalue weighted by molar-refractivity contribution is 0.363. The number of hydrogen-bond donors (Lipinski definition) is 0. The molecule has 0 heterocycles. The molecule has 2 nitrogen and oxygen atoms in total. The first-order valence-corrected chi connectivity index (χ1v) is 9.20. The molecule has 2 heteroatoms. The van der Waals surface area contributed by atoms with Crippen LogP contribution in [0.2, 0.25) is 0 Å². The predicted molar refractivity (Wildman–Crippen MR) is 112 cm³/mol. The molecular formula is C24H28N2. The number of anilines is 1. The summed E-state index contributed by atoms with van der Waals surface area (Å²) in [5, 5.41) is 0. The second-order valence-corrected chi connectivity index (χ2v) is 7.14. The van der Waals surface area contributed by atoms with E-state index >= 15 is 0 Å². The molecular weight excluding hydrogens is 316 g/mol. The highest BCUT2D eigenvalue weighted by molar-refractivity contribution is 5.51. The molecule has 0 radical (unpaired) electrons. The molecule has 0 spiro atoms. The minimum atomic E-state index is 0.285. The molecule has 3 rings (SSSR count). The fourth-order valence-corrected chi connectivity index (χ4v) is 3.37. The third-order valence-corrected chi connectivity index (χ3v) is 4.63. The Morgan fingerprint density at radius 2 is 1.42 bits per heavy atom. The number of rotatable bonds is 7. The Balaban J connectivity index is 2.03. The lowest BCUT2D eigenvalue weighted by atomic mass is 10.0. The minimum absolute atomic E-state index is 0.285. The van der Waals surface area contributed by atoms with Crippen molar-refractivity contribution in [1.29, 1.82) is 0 Å². The van der Waals surface area contributed by atoms with E-state index in [2.05, 4.69) is 116 Å². The van der Waals surface area contributed by atoms with Gasteiger partial charge in [-0.15, -0.1) is 0 Å². The average Bonchev–Trinajstić information content (AvgIpc) is 2.66. The quantitative estimate of drug-likeness (QED) is 0.573. The van der Waals surface area contributed by atoms with Crippen molar-refractivity contribution >= 4 is 5.69 Å². The first kappa shape index (κ1) is 18.2. The summed E-state index contributed by atoms with van der Waals surface area (Å²) in [6.07, 6.45) is 0. The van der Waals surface area contributed by atoms with Crippen molar-refractivity contribution in [2.45, 2.75) is 19.5 Å². The van der Waals surface area contributed by atoms with Gasteiger partial charge in [-0.05, 0) is 49.8 Å². The second-order valence-electron chi connectivity index (χ2n) is 7.14. The SMILES string of the molecule is Cc1cccc(N(Cc2ccccc2)C(CN(C)C)c2ccccc2)c1. The zero-order valence-corrected chi connectivity index (χ0v) is 16.0. The van der Waals surface area contributed by atoms with E-state index in [-0.39, 0.29) is 6.04 Å². The van der Waals surface area contributed by atoms with E-state index in [1.165, 1.54) is 22.4 Å². The lowest BCUT2D eigenvalue weighted by Crippen LogP contribution is -2.35. The van der Waals surface area contributed by atoms with E-state index in [0.717, 1.165) is 13.1 Å². The van der Waals surface area contributed by atoms with Crippen LogP contribution in [0, 0.1) is 6.92 Å². The second kappa shape index (κ2) is 8.68. The normalized spacial score (nSPS) is 12.2. The van der Waals surface area contributed by atoms with Gasteiger partial charge in [0.15, 0.2) is 0 Å². The summed E-state index contributed by atoms with van der Waals surface area (Å²) in [7, 11) is 4.29. The van der Waals surface area contributed by atoms with Gasteiger partial charge in [-0.1, -0.05) is 72.8 Å². The van der Waals surface area contributed by atoms with Crippen LogP contribution >= 0.6 is 0 Å². The zero-order chi connectivity index (χ0) is 18.4. The molecule has 0 aliphatic rings. The van der Waals surface area contributed by atoms with Crippen LogP contribution in [-0.4, -0.2) is 25.5 Å². The highest BCUT2D eigenvalue weighted by Crippen LogP contribution is 2.30. The summed E-state index contributed by atoms with van der Waals surface area (Å²) in [4.78, 5) is 4.79. The summed E-state index contributed by atoms with van der Waals surface area (Å²) in [5.41, 5.74) is 5.23. The van der Waals surface area contributed by atoms with Gasteiger partial charge in [0.2, 0.25) is 0 Å². The Kier molecular flexibility index (Phi) is 6.08. The number of hydrogen-bond acceptors (Lipinski definition) is 2. The standard InChI is InChI=1S/C24H28N2/c1-20-11-10-16-23(17-20)26(18-21-12-6-4-7-13-21)24(19-25(2)3)22-14-8-5-9-15-22/h4-17,24H,18-19H2,1-3H3. The Hall–Kier alpha value is -2.58. The van der Waals surface area contributed by atoms with Crippen LogP contribution < -0.4 is 4.90 Å². The van der Waals surface area contributed by atoms with Crippen molar-refractivity contribution < 1.29 is 0 Å². The molecule has 0 aliphatic heterocycles. The van der Waals surface area contributed by atoms with E-state index in [1.807, 2.05) is 0 Å². The zero-order valence-electron chi connectivity index (χ0n) is 16.0. The van der Waals surface area contributed by atoms with Gasteiger partial charge in [-0.2, -0.15) is 0 Å². The first-order valence-electron chi connectivity index (χ1n) is 9.20. The maximum Gasteiger partial charge on any atom is 0.0673 e. The maximum absolute atomic E-state index is 2.53. The highest BCUT2D eigenvalue weighted by atomic mass is 15.2. The molecule has 3 aromatic rings. The molecule has 1 unspecified atom stereocenters. The van der Waals surface area contributed by atoms with Gasteiger partial charge in [0.25, 0.3) is 0 Å². The molecule has 134 valence electrons. The first-order chi connectivity index (χ1) is 12.6. The van der Waals surface area contributed by atoms with Gasteiger partial charge >= 0.3 is 0 Å². The minimum Gasteiger partial charge on any atom is -0.359 e. The van der Waals surface area contributed by atoms with Crippen LogP contribution in [0.4, 0.5) is 5.69 Å². The summed E-state index contributed by atoms with van der Waals surface area (Å²) >= 11 is 0. The fourth-order valence-electron chi connectivity index (χ4n) is 3.37. The molecule has 0 fully saturated rings.